The number of nitrogens with one attached hydrogen (secondary N) is 1. The lowest BCUT2D eigenvalue weighted by Gasteiger charge is -2.52. The van der Waals surface area contributed by atoms with Crippen LogP contribution in [0.4, 0.5) is 4.39 Å². The van der Waals surface area contributed by atoms with Crippen LogP contribution in [0.5, 0.6) is 0 Å². The monoisotopic (exact) mass is 249 g/mol. The molecule has 1 fully saturated rings. The van der Waals surface area contributed by atoms with Crippen molar-refractivity contribution in [1.29, 1.82) is 0 Å². The molecule has 0 heterocycles. The molecule has 1 aromatic carbocycles. The molecule has 1 nitrogen and oxygen atoms in total. The lowest BCUT2D eigenvalue weighted by atomic mass is 9.55. The molecule has 1 aliphatic carbocycles. The molecule has 1 aliphatic rings. The molecule has 3 unspecified atom stereocenters. The number of hydrogen-bond acceptors (Lipinski definition) is 1. The molecule has 1 saturated carbocycles. The quantitative estimate of drug-likeness (QED) is 0.857. The van der Waals surface area contributed by atoms with E-state index in [1.807, 2.05) is 12.1 Å². The summed E-state index contributed by atoms with van der Waals surface area (Å²) in [4.78, 5) is 0. The van der Waals surface area contributed by atoms with Crippen LogP contribution >= 0.6 is 0 Å². The van der Waals surface area contributed by atoms with E-state index >= 15 is 0 Å². The van der Waals surface area contributed by atoms with E-state index in [4.69, 9.17) is 0 Å². The largest absolute Gasteiger partial charge is 0.317 e. The van der Waals surface area contributed by atoms with Crippen LogP contribution in [-0.2, 0) is 5.41 Å². The molecule has 0 aliphatic heterocycles. The van der Waals surface area contributed by atoms with Crippen molar-refractivity contribution in [3.8, 4) is 0 Å². The van der Waals surface area contributed by atoms with Crippen molar-refractivity contribution in [2.75, 3.05) is 7.05 Å². The summed E-state index contributed by atoms with van der Waals surface area (Å²) in [6.45, 7) is 6.85. The van der Waals surface area contributed by atoms with Gasteiger partial charge in [0, 0.05) is 6.04 Å². The van der Waals surface area contributed by atoms with E-state index in [0.29, 0.717) is 12.0 Å². The number of hydrogen-bond donors (Lipinski definition) is 1. The van der Waals surface area contributed by atoms with Crippen LogP contribution in [0.1, 0.15) is 39.2 Å². The van der Waals surface area contributed by atoms with Crippen LogP contribution in [0.3, 0.4) is 0 Å². The van der Waals surface area contributed by atoms with Crippen molar-refractivity contribution in [3.05, 3.63) is 35.6 Å². The van der Waals surface area contributed by atoms with E-state index in [1.54, 1.807) is 12.1 Å². The highest BCUT2D eigenvalue weighted by Crippen LogP contribution is 2.49. The summed E-state index contributed by atoms with van der Waals surface area (Å²) in [5.74, 6) is 1.27. The normalized spacial score (nSPS) is 27.9. The van der Waals surface area contributed by atoms with Gasteiger partial charge in [-0.25, -0.2) is 4.39 Å². The third-order valence-corrected chi connectivity index (χ3v) is 4.90. The van der Waals surface area contributed by atoms with Crippen molar-refractivity contribution >= 4 is 0 Å². The van der Waals surface area contributed by atoms with Gasteiger partial charge >= 0.3 is 0 Å². The zero-order valence-electron chi connectivity index (χ0n) is 11.8. The van der Waals surface area contributed by atoms with Crippen molar-refractivity contribution in [2.24, 2.45) is 11.8 Å². The number of rotatable bonds is 4. The van der Waals surface area contributed by atoms with Crippen LogP contribution in [0.15, 0.2) is 24.3 Å². The van der Waals surface area contributed by atoms with E-state index in [-0.39, 0.29) is 11.2 Å². The van der Waals surface area contributed by atoms with Crippen molar-refractivity contribution in [2.45, 2.75) is 45.1 Å². The van der Waals surface area contributed by atoms with Gasteiger partial charge in [0.1, 0.15) is 5.82 Å². The lowest BCUT2D eigenvalue weighted by molar-refractivity contribution is 0.0463. The van der Waals surface area contributed by atoms with E-state index < -0.39 is 0 Å². The highest BCUT2D eigenvalue weighted by Gasteiger charge is 2.47. The van der Waals surface area contributed by atoms with Crippen LogP contribution < -0.4 is 5.32 Å². The zero-order valence-corrected chi connectivity index (χ0v) is 11.8. The molecule has 0 saturated heterocycles. The Morgan fingerprint density at radius 3 is 2.39 bits per heavy atom. The summed E-state index contributed by atoms with van der Waals surface area (Å²) in [6, 6.07) is 7.68. The molecule has 2 rings (SSSR count). The zero-order chi connectivity index (χ0) is 13.3. The Bertz CT molecular complexity index is 396. The van der Waals surface area contributed by atoms with Gasteiger partial charge in [-0.15, -0.1) is 0 Å². The first-order chi connectivity index (χ1) is 8.50. The maximum atomic E-state index is 13.0. The number of benzene rings is 1. The highest BCUT2D eigenvalue weighted by atomic mass is 19.1. The van der Waals surface area contributed by atoms with Gasteiger partial charge in [-0.2, -0.15) is 0 Å². The molecule has 18 heavy (non-hydrogen) atoms. The fourth-order valence-electron chi connectivity index (χ4n) is 3.53. The first kappa shape index (κ1) is 13.5. The molecule has 100 valence electrons. The van der Waals surface area contributed by atoms with E-state index in [1.165, 1.54) is 18.4 Å². The van der Waals surface area contributed by atoms with Gasteiger partial charge < -0.3 is 5.32 Å². The number of halogens is 1. The molecule has 2 heteroatoms. The standard InChI is InChI=1S/C16H24FN/c1-5-13-14(10-15(13)18-4)16(2,3)11-6-8-12(17)9-7-11/h6-9,13-15,18H,5,10H2,1-4H3. The van der Waals surface area contributed by atoms with Gasteiger partial charge in [-0.05, 0) is 48.4 Å². The van der Waals surface area contributed by atoms with Crippen molar-refractivity contribution in [3.63, 3.8) is 0 Å². The summed E-state index contributed by atoms with van der Waals surface area (Å²) < 4.78 is 13.0. The summed E-state index contributed by atoms with van der Waals surface area (Å²) in [5, 5.41) is 3.41. The minimum atomic E-state index is -0.150. The minimum Gasteiger partial charge on any atom is -0.317 e. The molecule has 0 aromatic heterocycles. The van der Waals surface area contributed by atoms with Gasteiger partial charge in [0.25, 0.3) is 0 Å². The molecule has 0 amide bonds. The Kier molecular flexibility index (Phi) is 3.76. The van der Waals surface area contributed by atoms with Crippen LogP contribution in [0, 0.1) is 17.7 Å². The van der Waals surface area contributed by atoms with Gasteiger partial charge in [-0.3, -0.25) is 0 Å². The Morgan fingerprint density at radius 2 is 1.89 bits per heavy atom. The van der Waals surface area contributed by atoms with E-state index in [0.717, 1.165) is 5.92 Å². The topological polar surface area (TPSA) is 12.0 Å². The van der Waals surface area contributed by atoms with Gasteiger partial charge in [0.15, 0.2) is 0 Å². The molecule has 0 spiro atoms. The maximum Gasteiger partial charge on any atom is 0.123 e. The first-order valence-electron chi connectivity index (χ1n) is 6.94. The summed E-state index contributed by atoms with van der Waals surface area (Å²) in [6.07, 6.45) is 2.43. The molecule has 3 atom stereocenters. The van der Waals surface area contributed by atoms with Crippen molar-refractivity contribution in [1.82, 2.24) is 5.32 Å². The molecular weight excluding hydrogens is 225 g/mol. The smallest absolute Gasteiger partial charge is 0.123 e. The molecule has 1 aromatic rings. The second kappa shape index (κ2) is 5.00. The fraction of sp³-hybridized carbons (Fsp3) is 0.625. The first-order valence-corrected chi connectivity index (χ1v) is 6.94. The predicted molar refractivity (Wildman–Crippen MR) is 74.2 cm³/mol. The summed E-state index contributed by atoms with van der Waals surface area (Å²) in [7, 11) is 2.05. The second-order valence-corrected chi connectivity index (χ2v) is 6.04. The Hall–Kier alpha value is -0.890. The van der Waals surface area contributed by atoms with E-state index in [2.05, 4.69) is 33.1 Å². The lowest BCUT2D eigenvalue weighted by Crippen LogP contribution is -2.55. The second-order valence-electron chi connectivity index (χ2n) is 6.04. The average Bonchev–Trinajstić information content (AvgIpc) is 2.29. The molecule has 0 radical (unpaired) electrons. The third-order valence-electron chi connectivity index (χ3n) is 4.90. The summed E-state index contributed by atoms with van der Waals surface area (Å²) >= 11 is 0. The third kappa shape index (κ3) is 2.18. The molecule has 0 bridgehead atoms. The molecule has 1 N–H and O–H groups in total. The van der Waals surface area contributed by atoms with E-state index in [9.17, 15) is 4.39 Å². The maximum absolute atomic E-state index is 13.0. The van der Waals surface area contributed by atoms with Gasteiger partial charge in [-0.1, -0.05) is 39.3 Å². The highest BCUT2D eigenvalue weighted by molar-refractivity contribution is 5.27. The Morgan fingerprint density at radius 1 is 1.28 bits per heavy atom. The predicted octanol–water partition coefficient (Wildman–Crippen LogP) is 3.74. The molecular formula is C16H24FN. The van der Waals surface area contributed by atoms with Crippen LogP contribution in [-0.4, -0.2) is 13.1 Å². The van der Waals surface area contributed by atoms with Gasteiger partial charge in [0.2, 0.25) is 0 Å². The fourth-order valence-corrected chi connectivity index (χ4v) is 3.53. The van der Waals surface area contributed by atoms with Crippen molar-refractivity contribution < 1.29 is 4.39 Å². The van der Waals surface area contributed by atoms with Gasteiger partial charge in [0.05, 0.1) is 0 Å². The van der Waals surface area contributed by atoms with Crippen LogP contribution in [0.2, 0.25) is 0 Å². The average molecular weight is 249 g/mol. The van der Waals surface area contributed by atoms with Crippen LogP contribution in [0.25, 0.3) is 0 Å². The summed E-state index contributed by atoms with van der Waals surface area (Å²) in [5.41, 5.74) is 1.38. The Balaban J connectivity index is 2.19. The minimum absolute atomic E-state index is 0.127. The Labute approximate surface area is 110 Å². The SMILES string of the molecule is CCC1C(NC)CC1C(C)(C)c1ccc(F)cc1.